The third kappa shape index (κ3) is 3.35. The van der Waals surface area contributed by atoms with Gasteiger partial charge < -0.3 is 15.5 Å². The fourth-order valence-corrected chi connectivity index (χ4v) is 3.66. The van der Waals surface area contributed by atoms with E-state index < -0.39 is 11.7 Å². The highest BCUT2D eigenvalue weighted by atomic mass is 19.1. The smallest absolute Gasteiger partial charge is 0.257 e. The minimum absolute atomic E-state index is 0.0198. The fraction of sp³-hybridized carbons (Fsp3) is 0.286. The maximum Gasteiger partial charge on any atom is 0.257 e. The number of halogens is 1. The van der Waals surface area contributed by atoms with Gasteiger partial charge in [-0.25, -0.2) is 4.39 Å². The standard InChI is InChI=1S/C21H20FN3O3/c1-12-4-6-18(25-8-2-3-20(25)27)14(9-12)21(28)24-17-10-13-5-7-19(26)23-16(13)11-15(17)22/h4,6,9-11H,2-3,5,7-8H2,1H3,(H,23,26)(H,24,28). The van der Waals surface area contributed by atoms with Crippen LogP contribution in [0.4, 0.5) is 21.5 Å². The second-order valence-electron chi connectivity index (χ2n) is 7.16. The molecule has 1 fully saturated rings. The van der Waals surface area contributed by atoms with Gasteiger partial charge in [0.05, 0.1) is 16.9 Å². The molecule has 3 amide bonds. The Bertz CT molecular complexity index is 1000. The zero-order valence-corrected chi connectivity index (χ0v) is 15.5. The predicted molar refractivity (Wildman–Crippen MR) is 104 cm³/mol. The first-order valence-corrected chi connectivity index (χ1v) is 9.27. The van der Waals surface area contributed by atoms with Gasteiger partial charge in [-0.1, -0.05) is 11.6 Å². The molecule has 2 N–H and O–H groups in total. The number of carbonyl (C=O) groups excluding carboxylic acids is 3. The summed E-state index contributed by atoms with van der Waals surface area (Å²) in [7, 11) is 0. The minimum atomic E-state index is -0.624. The molecule has 28 heavy (non-hydrogen) atoms. The number of anilines is 3. The average Bonchev–Trinajstić information content (AvgIpc) is 3.08. The number of nitrogens with zero attached hydrogens (tertiary/aromatic N) is 1. The van der Waals surface area contributed by atoms with Crippen molar-refractivity contribution in [3.8, 4) is 0 Å². The van der Waals surface area contributed by atoms with Crippen molar-refractivity contribution in [3.63, 3.8) is 0 Å². The van der Waals surface area contributed by atoms with Crippen LogP contribution in [0.2, 0.25) is 0 Å². The molecule has 0 saturated carbocycles. The Balaban J connectivity index is 1.65. The van der Waals surface area contributed by atoms with Crippen LogP contribution in [0.1, 0.15) is 40.7 Å². The van der Waals surface area contributed by atoms with Crippen molar-refractivity contribution >= 4 is 34.8 Å². The van der Waals surface area contributed by atoms with Crippen LogP contribution in [0.25, 0.3) is 0 Å². The van der Waals surface area contributed by atoms with Gasteiger partial charge in [0.15, 0.2) is 0 Å². The highest BCUT2D eigenvalue weighted by molar-refractivity contribution is 6.11. The largest absolute Gasteiger partial charge is 0.326 e. The van der Waals surface area contributed by atoms with Crippen LogP contribution >= 0.6 is 0 Å². The van der Waals surface area contributed by atoms with Gasteiger partial charge in [-0.15, -0.1) is 0 Å². The van der Waals surface area contributed by atoms with Gasteiger partial charge in [0, 0.05) is 25.1 Å². The molecule has 0 atom stereocenters. The number of aryl methyl sites for hydroxylation is 2. The minimum Gasteiger partial charge on any atom is -0.326 e. The van der Waals surface area contributed by atoms with E-state index in [0.29, 0.717) is 42.7 Å². The van der Waals surface area contributed by atoms with Gasteiger partial charge in [0.1, 0.15) is 5.82 Å². The van der Waals surface area contributed by atoms with Crippen LogP contribution < -0.4 is 15.5 Å². The zero-order chi connectivity index (χ0) is 19.8. The van der Waals surface area contributed by atoms with Crippen molar-refractivity contribution in [1.29, 1.82) is 0 Å². The first kappa shape index (κ1) is 18.2. The Morgan fingerprint density at radius 1 is 1.14 bits per heavy atom. The van der Waals surface area contributed by atoms with Crippen molar-refractivity contribution in [2.24, 2.45) is 0 Å². The van der Waals surface area contributed by atoms with Crippen molar-refractivity contribution in [2.45, 2.75) is 32.6 Å². The molecule has 1 saturated heterocycles. The molecule has 2 aliphatic rings. The maximum absolute atomic E-state index is 14.5. The van der Waals surface area contributed by atoms with E-state index in [0.717, 1.165) is 17.5 Å². The van der Waals surface area contributed by atoms with Gasteiger partial charge >= 0.3 is 0 Å². The molecule has 0 aliphatic carbocycles. The second kappa shape index (κ2) is 7.07. The number of benzene rings is 2. The molecule has 4 rings (SSSR count). The molecule has 2 aromatic rings. The van der Waals surface area contributed by atoms with E-state index in [1.54, 1.807) is 23.1 Å². The molecule has 0 spiro atoms. The van der Waals surface area contributed by atoms with E-state index in [4.69, 9.17) is 0 Å². The number of nitrogens with one attached hydrogen (secondary N) is 2. The Labute approximate surface area is 161 Å². The SMILES string of the molecule is Cc1ccc(N2CCCC2=O)c(C(=O)Nc2cc3c(cc2F)NC(=O)CC3)c1. The molecular weight excluding hydrogens is 361 g/mol. The maximum atomic E-state index is 14.5. The molecule has 0 radical (unpaired) electrons. The predicted octanol–water partition coefficient (Wildman–Crippen LogP) is 3.40. The molecule has 6 nitrogen and oxygen atoms in total. The third-order valence-electron chi connectivity index (χ3n) is 5.10. The van der Waals surface area contributed by atoms with E-state index in [1.165, 1.54) is 6.07 Å². The number of rotatable bonds is 3. The Morgan fingerprint density at radius 2 is 1.96 bits per heavy atom. The lowest BCUT2D eigenvalue weighted by molar-refractivity contribution is -0.117. The van der Waals surface area contributed by atoms with Crippen LogP contribution in [0.15, 0.2) is 30.3 Å². The van der Waals surface area contributed by atoms with Crippen LogP contribution in [-0.4, -0.2) is 24.3 Å². The first-order chi connectivity index (χ1) is 13.4. The zero-order valence-electron chi connectivity index (χ0n) is 15.5. The number of carbonyl (C=O) groups is 3. The average molecular weight is 381 g/mol. The number of fused-ring (bicyclic) bond motifs is 1. The summed E-state index contributed by atoms with van der Waals surface area (Å²) < 4.78 is 14.5. The summed E-state index contributed by atoms with van der Waals surface area (Å²) in [5.74, 6) is -1.27. The molecule has 2 heterocycles. The number of hydrogen-bond donors (Lipinski definition) is 2. The van der Waals surface area contributed by atoms with Crippen molar-refractivity contribution in [2.75, 3.05) is 22.1 Å². The van der Waals surface area contributed by atoms with E-state index in [2.05, 4.69) is 10.6 Å². The molecular formula is C21H20FN3O3. The van der Waals surface area contributed by atoms with Crippen molar-refractivity contribution in [3.05, 3.63) is 52.8 Å². The summed E-state index contributed by atoms with van der Waals surface area (Å²) >= 11 is 0. The summed E-state index contributed by atoms with van der Waals surface area (Å²) in [4.78, 5) is 38.1. The van der Waals surface area contributed by atoms with Gasteiger partial charge in [-0.3, -0.25) is 14.4 Å². The lowest BCUT2D eigenvalue weighted by atomic mass is 10.0. The number of hydrogen-bond acceptors (Lipinski definition) is 3. The fourth-order valence-electron chi connectivity index (χ4n) is 3.66. The topological polar surface area (TPSA) is 78.5 Å². The van der Waals surface area contributed by atoms with Crippen molar-refractivity contribution < 1.29 is 18.8 Å². The van der Waals surface area contributed by atoms with Crippen LogP contribution in [0.3, 0.4) is 0 Å². The summed E-state index contributed by atoms with van der Waals surface area (Å²) in [6.45, 7) is 2.42. The molecule has 0 unspecified atom stereocenters. The van der Waals surface area contributed by atoms with Gasteiger partial charge in [0.25, 0.3) is 5.91 Å². The highest BCUT2D eigenvalue weighted by Gasteiger charge is 2.26. The van der Waals surface area contributed by atoms with Crippen LogP contribution in [0.5, 0.6) is 0 Å². The van der Waals surface area contributed by atoms with Gasteiger partial charge in [-0.2, -0.15) is 0 Å². The molecule has 2 aliphatic heterocycles. The van der Waals surface area contributed by atoms with E-state index >= 15 is 0 Å². The molecule has 0 aromatic heterocycles. The van der Waals surface area contributed by atoms with Crippen molar-refractivity contribution in [1.82, 2.24) is 0 Å². The van der Waals surface area contributed by atoms with Gasteiger partial charge in [0.2, 0.25) is 11.8 Å². The molecule has 2 aromatic carbocycles. The lowest BCUT2D eigenvalue weighted by Crippen LogP contribution is -2.27. The first-order valence-electron chi connectivity index (χ1n) is 9.27. The van der Waals surface area contributed by atoms with Crippen LogP contribution in [-0.2, 0) is 16.0 Å². The molecule has 7 heteroatoms. The quantitative estimate of drug-likeness (QED) is 0.855. The lowest BCUT2D eigenvalue weighted by Gasteiger charge is -2.21. The molecule has 144 valence electrons. The van der Waals surface area contributed by atoms with Crippen LogP contribution in [0, 0.1) is 12.7 Å². The Hall–Kier alpha value is -3.22. The summed E-state index contributed by atoms with van der Waals surface area (Å²) in [6, 6.07) is 8.08. The van der Waals surface area contributed by atoms with E-state index in [9.17, 15) is 18.8 Å². The van der Waals surface area contributed by atoms with E-state index in [1.807, 2.05) is 13.0 Å². The Kier molecular flexibility index (Phi) is 4.58. The monoisotopic (exact) mass is 381 g/mol. The van der Waals surface area contributed by atoms with E-state index in [-0.39, 0.29) is 17.5 Å². The summed E-state index contributed by atoms with van der Waals surface area (Å²) in [5.41, 5.74) is 3.01. The summed E-state index contributed by atoms with van der Waals surface area (Å²) in [6.07, 6.45) is 2.02. The molecule has 0 bridgehead atoms. The Morgan fingerprint density at radius 3 is 2.71 bits per heavy atom. The second-order valence-corrected chi connectivity index (χ2v) is 7.16. The summed E-state index contributed by atoms with van der Waals surface area (Å²) in [5, 5.41) is 5.26. The highest BCUT2D eigenvalue weighted by Crippen LogP contribution is 2.31. The normalized spacial score (nSPS) is 16.0. The van der Waals surface area contributed by atoms with Gasteiger partial charge in [-0.05, 0) is 49.6 Å². The number of amides is 3. The third-order valence-corrected chi connectivity index (χ3v) is 5.10.